The first-order valence-corrected chi connectivity index (χ1v) is 5.64. The minimum absolute atomic E-state index is 0.167. The van der Waals surface area contributed by atoms with Crippen molar-refractivity contribution < 1.29 is 9.90 Å². The van der Waals surface area contributed by atoms with Gasteiger partial charge in [-0.2, -0.15) is 0 Å². The molecule has 2 heteroatoms. The van der Waals surface area contributed by atoms with Crippen molar-refractivity contribution in [2.24, 2.45) is 0 Å². The summed E-state index contributed by atoms with van der Waals surface area (Å²) in [6, 6.07) is 0. The molecule has 0 saturated heterocycles. The number of rotatable bonds is 4. The standard InChI is InChI=1S/C6H14.C3H6O.C3H8O/c1-3-5-6-4-2;1-3(2)4;1-2-3-4/h3-6H2,1-2H3;1-2H3;4H,2-3H2,1H3. The maximum Gasteiger partial charge on any atom is 0.126 e. The van der Waals surface area contributed by atoms with Crippen molar-refractivity contribution in [2.75, 3.05) is 6.61 Å². The number of hydrogen-bond donors (Lipinski definition) is 1. The summed E-state index contributed by atoms with van der Waals surface area (Å²) in [5.41, 5.74) is 0. The molecule has 2 nitrogen and oxygen atoms in total. The summed E-state index contributed by atoms with van der Waals surface area (Å²) >= 11 is 0. The first-order valence-electron chi connectivity index (χ1n) is 5.64. The minimum atomic E-state index is 0.167. The number of carbonyl (C=O) groups excluding carboxylic acids is 1. The van der Waals surface area contributed by atoms with Crippen LogP contribution >= 0.6 is 0 Å². The van der Waals surface area contributed by atoms with Gasteiger partial charge in [0.1, 0.15) is 5.78 Å². The Hall–Kier alpha value is -0.370. The molecule has 0 aromatic heterocycles. The van der Waals surface area contributed by atoms with Crippen LogP contribution < -0.4 is 0 Å². The summed E-state index contributed by atoms with van der Waals surface area (Å²) < 4.78 is 0. The Morgan fingerprint density at radius 3 is 1.21 bits per heavy atom. The fraction of sp³-hybridized carbons (Fsp3) is 0.917. The predicted molar refractivity (Wildman–Crippen MR) is 63.5 cm³/mol. The summed E-state index contributed by atoms with van der Waals surface area (Å²) in [6.07, 6.45) is 6.41. The lowest BCUT2D eigenvalue weighted by Crippen LogP contribution is -1.69. The maximum absolute atomic E-state index is 9.44. The monoisotopic (exact) mass is 204 g/mol. The van der Waals surface area contributed by atoms with E-state index < -0.39 is 0 Å². The third-order valence-electron chi connectivity index (χ3n) is 1.18. The van der Waals surface area contributed by atoms with Gasteiger partial charge in [0.05, 0.1) is 0 Å². The van der Waals surface area contributed by atoms with Gasteiger partial charge in [-0.25, -0.2) is 0 Å². The Morgan fingerprint density at radius 2 is 1.14 bits per heavy atom. The first-order chi connectivity index (χ1) is 6.56. The lowest BCUT2D eigenvalue weighted by atomic mass is 10.2. The Balaban J connectivity index is -0.000000135. The van der Waals surface area contributed by atoms with Crippen molar-refractivity contribution in [1.82, 2.24) is 0 Å². The summed E-state index contributed by atoms with van der Waals surface area (Å²) in [5, 5.41) is 7.88. The first kappa shape index (κ1) is 19.2. The van der Waals surface area contributed by atoms with Crippen LogP contribution in [0.2, 0.25) is 0 Å². The van der Waals surface area contributed by atoms with Crippen molar-refractivity contribution >= 4 is 5.78 Å². The van der Waals surface area contributed by atoms with E-state index in [0.717, 1.165) is 6.42 Å². The smallest absolute Gasteiger partial charge is 0.126 e. The Bertz CT molecular complexity index is 80.3. The maximum atomic E-state index is 9.44. The van der Waals surface area contributed by atoms with Gasteiger partial charge in [0.25, 0.3) is 0 Å². The highest BCUT2D eigenvalue weighted by Crippen LogP contribution is 1.95. The summed E-state index contributed by atoms with van der Waals surface area (Å²) in [4.78, 5) is 9.44. The van der Waals surface area contributed by atoms with Crippen molar-refractivity contribution in [2.45, 2.75) is 66.7 Å². The molecule has 0 aromatic rings. The average molecular weight is 204 g/mol. The molecule has 0 unspecified atom stereocenters. The van der Waals surface area contributed by atoms with Crippen LogP contribution in [0.25, 0.3) is 0 Å². The summed E-state index contributed by atoms with van der Waals surface area (Å²) in [6.45, 7) is 9.77. The molecule has 0 aliphatic rings. The second-order valence-corrected chi connectivity index (χ2v) is 3.34. The van der Waals surface area contributed by atoms with Crippen molar-refractivity contribution in [3.63, 3.8) is 0 Å². The number of ketones is 1. The number of carbonyl (C=O) groups is 1. The molecule has 88 valence electrons. The minimum Gasteiger partial charge on any atom is -0.396 e. The van der Waals surface area contributed by atoms with Crippen molar-refractivity contribution in [3.8, 4) is 0 Å². The van der Waals surface area contributed by atoms with E-state index in [1.54, 1.807) is 0 Å². The van der Waals surface area contributed by atoms with Crippen LogP contribution in [-0.2, 0) is 4.79 Å². The van der Waals surface area contributed by atoms with Gasteiger partial charge in [-0.15, -0.1) is 0 Å². The van der Waals surface area contributed by atoms with E-state index in [0.29, 0.717) is 6.61 Å². The number of Topliss-reactive ketones (excluding diaryl/α,β-unsaturated/α-hetero) is 1. The fourth-order valence-corrected chi connectivity index (χ4v) is 0.500. The quantitative estimate of drug-likeness (QED) is 0.711. The van der Waals surface area contributed by atoms with Crippen LogP contribution in [0, 0.1) is 0 Å². The van der Waals surface area contributed by atoms with Crippen molar-refractivity contribution in [3.05, 3.63) is 0 Å². The molecule has 0 radical (unpaired) electrons. The molecule has 0 aromatic carbocycles. The van der Waals surface area contributed by atoms with Gasteiger partial charge in [0, 0.05) is 6.61 Å². The third kappa shape index (κ3) is 99.7. The molecule has 0 aliphatic carbocycles. The molecular weight excluding hydrogens is 176 g/mol. The van der Waals surface area contributed by atoms with Crippen molar-refractivity contribution in [1.29, 1.82) is 0 Å². The molecule has 1 N–H and O–H groups in total. The summed E-state index contributed by atoms with van der Waals surface area (Å²) in [5.74, 6) is 0.167. The molecule has 0 aliphatic heterocycles. The normalized spacial score (nSPS) is 7.86. The van der Waals surface area contributed by atoms with Gasteiger partial charge in [0.15, 0.2) is 0 Å². The molecule has 0 bridgehead atoms. The second-order valence-electron chi connectivity index (χ2n) is 3.34. The fourth-order valence-electron chi connectivity index (χ4n) is 0.500. The zero-order valence-corrected chi connectivity index (χ0v) is 10.6. The van der Waals surface area contributed by atoms with Crippen LogP contribution in [-0.4, -0.2) is 17.5 Å². The van der Waals surface area contributed by atoms with E-state index in [1.807, 2.05) is 6.92 Å². The predicted octanol–water partition coefficient (Wildman–Crippen LogP) is 3.57. The Morgan fingerprint density at radius 1 is 0.929 bits per heavy atom. The van der Waals surface area contributed by atoms with Gasteiger partial charge in [-0.3, -0.25) is 0 Å². The molecule has 0 spiro atoms. The number of aliphatic hydroxyl groups is 1. The van der Waals surface area contributed by atoms with Crippen LogP contribution in [0.15, 0.2) is 0 Å². The molecule has 0 atom stereocenters. The van der Waals surface area contributed by atoms with Crippen LogP contribution in [0.3, 0.4) is 0 Å². The topological polar surface area (TPSA) is 37.3 Å². The van der Waals surface area contributed by atoms with Gasteiger partial charge in [-0.1, -0.05) is 46.5 Å². The van der Waals surface area contributed by atoms with E-state index in [9.17, 15) is 4.79 Å². The largest absolute Gasteiger partial charge is 0.396 e. The molecule has 0 amide bonds. The Labute approximate surface area is 89.7 Å². The highest BCUT2D eigenvalue weighted by atomic mass is 16.2. The third-order valence-corrected chi connectivity index (χ3v) is 1.18. The van der Waals surface area contributed by atoms with E-state index in [2.05, 4.69) is 13.8 Å². The molecule has 0 saturated carbocycles. The van der Waals surface area contributed by atoms with Crippen LogP contribution in [0.1, 0.15) is 66.7 Å². The molecule has 0 rings (SSSR count). The molecule has 0 fully saturated rings. The van der Waals surface area contributed by atoms with Gasteiger partial charge in [-0.05, 0) is 20.3 Å². The highest BCUT2D eigenvalue weighted by molar-refractivity contribution is 5.72. The number of aliphatic hydroxyl groups excluding tert-OH is 1. The van der Waals surface area contributed by atoms with Crippen LogP contribution in [0.5, 0.6) is 0 Å². The average Bonchev–Trinajstić information content (AvgIpc) is 2.14. The van der Waals surface area contributed by atoms with E-state index >= 15 is 0 Å². The molecule has 0 heterocycles. The van der Waals surface area contributed by atoms with E-state index in [4.69, 9.17) is 5.11 Å². The zero-order chi connectivity index (χ0) is 11.8. The molecule has 14 heavy (non-hydrogen) atoms. The zero-order valence-electron chi connectivity index (χ0n) is 10.6. The number of hydrogen-bond acceptors (Lipinski definition) is 2. The SMILES string of the molecule is CC(C)=O.CCCCCC.CCCO. The van der Waals surface area contributed by atoms with E-state index in [-0.39, 0.29) is 5.78 Å². The van der Waals surface area contributed by atoms with Gasteiger partial charge in [0.2, 0.25) is 0 Å². The lowest BCUT2D eigenvalue weighted by molar-refractivity contribution is -0.114. The second kappa shape index (κ2) is 22.9. The highest BCUT2D eigenvalue weighted by Gasteiger charge is 1.75. The van der Waals surface area contributed by atoms with Crippen LogP contribution in [0.4, 0.5) is 0 Å². The lowest BCUT2D eigenvalue weighted by Gasteiger charge is -1.86. The van der Waals surface area contributed by atoms with Gasteiger partial charge < -0.3 is 9.90 Å². The summed E-state index contributed by atoms with van der Waals surface area (Å²) in [7, 11) is 0. The number of unbranched alkanes of at least 4 members (excludes halogenated alkanes) is 3. The van der Waals surface area contributed by atoms with E-state index in [1.165, 1.54) is 39.5 Å². The Kier molecular flexibility index (Phi) is 31.5. The van der Waals surface area contributed by atoms with Gasteiger partial charge >= 0.3 is 0 Å². The molecular formula is C12H28O2.